The van der Waals surface area contributed by atoms with Crippen molar-refractivity contribution >= 4 is 10.0 Å². The molecule has 0 spiro atoms. The van der Waals surface area contributed by atoms with Crippen LogP contribution in [0.25, 0.3) is 0 Å². The third kappa shape index (κ3) is 2.87. The van der Waals surface area contributed by atoms with Gasteiger partial charge in [-0.3, -0.25) is 0 Å². The van der Waals surface area contributed by atoms with E-state index in [9.17, 15) is 8.42 Å². The molecule has 0 radical (unpaired) electrons. The third-order valence-corrected chi connectivity index (χ3v) is 6.79. The van der Waals surface area contributed by atoms with Crippen LogP contribution in [0.15, 0.2) is 29.2 Å². The molecule has 2 saturated heterocycles. The average molecular weight is 308 g/mol. The molecule has 2 aliphatic rings. The fraction of sp³-hybridized carbons (Fsp3) is 0.625. The van der Waals surface area contributed by atoms with Crippen LogP contribution in [-0.4, -0.2) is 37.4 Å². The number of piperidine rings is 1. The second-order valence-corrected chi connectivity index (χ2v) is 8.18. The molecule has 2 unspecified atom stereocenters. The summed E-state index contributed by atoms with van der Waals surface area (Å²) in [5.74, 6) is 0. The number of benzene rings is 1. The first-order chi connectivity index (χ1) is 10.0. The zero-order valence-corrected chi connectivity index (χ0v) is 13.6. The summed E-state index contributed by atoms with van der Waals surface area (Å²) in [4.78, 5) is 0.426. The van der Waals surface area contributed by atoms with Gasteiger partial charge in [-0.05, 0) is 50.3 Å². The summed E-state index contributed by atoms with van der Waals surface area (Å²) in [6.07, 6.45) is 4.25. The van der Waals surface area contributed by atoms with Crippen LogP contribution in [0.5, 0.6) is 0 Å². The molecular formula is C16H24N2O2S. The number of rotatable bonds is 4. The first-order valence-electron chi connectivity index (χ1n) is 7.85. The van der Waals surface area contributed by atoms with Gasteiger partial charge in [-0.15, -0.1) is 0 Å². The minimum absolute atomic E-state index is 0.138. The summed E-state index contributed by atoms with van der Waals surface area (Å²) in [6, 6.07) is 8.36. The number of sulfonamides is 1. The molecule has 1 N–H and O–H groups in total. The lowest BCUT2D eigenvalue weighted by molar-refractivity contribution is 0.232. The van der Waals surface area contributed by atoms with Gasteiger partial charge >= 0.3 is 0 Å². The molecule has 116 valence electrons. The highest BCUT2D eigenvalue weighted by Crippen LogP contribution is 2.32. The molecule has 2 fully saturated rings. The molecule has 1 aromatic rings. The van der Waals surface area contributed by atoms with E-state index in [2.05, 4.69) is 5.32 Å². The predicted octanol–water partition coefficient (Wildman–Crippen LogP) is 2.29. The lowest BCUT2D eigenvalue weighted by Gasteiger charge is -2.36. The zero-order chi connectivity index (χ0) is 15.0. The van der Waals surface area contributed by atoms with Gasteiger partial charge in [-0.25, -0.2) is 8.42 Å². The van der Waals surface area contributed by atoms with Gasteiger partial charge in [-0.2, -0.15) is 4.31 Å². The monoisotopic (exact) mass is 308 g/mol. The Morgan fingerprint density at radius 1 is 1.24 bits per heavy atom. The van der Waals surface area contributed by atoms with Crippen molar-refractivity contribution < 1.29 is 8.42 Å². The molecule has 2 heterocycles. The van der Waals surface area contributed by atoms with Crippen LogP contribution in [-0.2, 0) is 10.0 Å². The first-order valence-corrected chi connectivity index (χ1v) is 9.29. The molecule has 0 aromatic heterocycles. The molecule has 2 aliphatic heterocycles. The Labute approximate surface area is 127 Å². The van der Waals surface area contributed by atoms with E-state index in [1.54, 1.807) is 16.4 Å². The molecule has 2 atom stereocenters. The Hall–Kier alpha value is -0.910. The highest BCUT2D eigenvalue weighted by atomic mass is 32.2. The second-order valence-electron chi connectivity index (χ2n) is 6.29. The molecule has 0 saturated carbocycles. The van der Waals surface area contributed by atoms with Gasteiger partial charge in [-0.1, -0.05) is 19.1 Å². The largest absolute Gasteiger partial charge is 0.311 e. The number of nitrogens with one attached hydrogen (secondary N) is 1. The number of nitrogens with zero attached hydrogens (tertiary/aromatic N) is 1. The van der Waals surface area contributed by atoms with Crippen LogP contribution in [0.1, 0.15) is 38.2 Å². The molecular weight excluding hydrogens is 284 g/mol. The van der Waals surface area contributed by atoms with E-state index in [0.29, 0.717) is 23.5 Å². The van der Waals surface area contributed by atoms with Gasteiger partial charge in [0, 0.05) is 24.7 Å². The van der Waals surface area contributed by atoms with Crippen LogP contribution in [0, 0.1) is 6.92 Å². The highest BCUT2D eigenvalue weighted by Gasteiger charge is 2.39. The number of fused-ring (bicyclic) bond motifs is 2. The van der Waals surface area contributed by atoms with E-state index in [0.717, 1.165) is 18.4 Å². The van der Waals surface area contributed by atoms with Gasteiger partial charge in [0.25, 0.3) is 0 Å². The smallest absolute Gasteiger partial charge is 0.243 e. The van der Waals surface area contributed by atoms with E-state index in [1.165, 1.54) is 12.8 Å². The van der Waals surface area contributed by atoms with E-state index >= 15 is 0 Å². The number of hydrogen-bond acceptors (Lipinski definition) is 3. The fourth-order valence-corrected chi connectivity index (χ4v) is 5.56. The zero-order valence-electron chi connectivity index (χ0n) is 12.7. The topological polar surface area (TPSA) is 49.4 Å². The van der Waals surface area contributed by atoms with E-state index in [-0.39, 0.29) is 6.04 Å². The SMILES string of the molecule is CCN(C1CC2CCC(C1)N2)S(=O)(=O)c1cccc(C)c1. The van der Waals surface area contributed by atoms with Crippen molar-refractivity contribution in [1.29, 1.82) is 0 Å². The molecule has 4 nitrogen and oxygen atoms in total. The summed E-state index contributed by atoms with van der Waals surface area (Å²) in [5.41, 5.74) is 0.984. The van der Waals surface area contributed by atoms with Crippen LogP contribution < -0.4 is 5.32 Å². The maximum Gasteiger partial charge on any atom is 0.243 e. The van der Waals surface area contributed by atoms with Gasteiger partial charge in [0.05, 0.1) is 4.90 Å². The summed E-state index contributed by atoms with van der Waals surface area (Å²) in [6.45, 7) is 4.41. The van der Waals surface area contributed by atoms with Crippen molar-refractivity contribution in [2.24, 2.45) is 0 Å². The van der Waals surface area contributed by atoms with Gasteiger partial charge < -0.3 is 5.32 Å². The van der Waals surface area contributed by atoms with Crippen molar-refractivity contribution in [2.45, 2.75) is 62.6 Å². The van der Waals surface area contributed by atoms with Crippen molar-refractivity contribution in [3.63, 3.8) is 0 Å². The van der Waals surface area contributed by atoms with E-state index in [4.69, 9.17) is 0 Å². The third-order valence-electron chi connectivity index (χ3n) is 4.76. The number of hydrogen-bond donors (Lipinski definition) is 1. The van der Waals surface area contributed by atoms with E-state index in [1.807, 2.05) is 26.0 Å². The average Bonchev–Trinajstić information content (AvgIpc) is 2.78. The Morgan fingerprint density at radius 3 is 2.48 bits per heavy atom. The van der Waals surface area contributed by atoms with Crippen LogP contribution in [0.2, 0.25) is 0 Å². The Bertz CT molecular complexity index is 602. The van der Waals surface area contributed by atoms with Crippen LogP contribution >= 0.6 is 0 Å². The Balaban J connectivity index is 1.88. The quantitative estimate of drug-likeness (QED) is 0.928. The lowest BCUT2D eigenvalue weighted by atomic mass is 10.00. The Kier molecular flexibility index (Phi) is 4.08. The Morgan fingerprint density at radius 2 is 1.90 bits per heavy atom. The molecule has 1 aromatic carbocycles. The van der Waals surface area contributed by atoms with Crippen molar-refractivity contribution in [2.75, 3.05) is 6.54 Å². The van der Waals surface area contributed by atoms with Crippen LogP contribution in [0.4, 0.5) is 0 Å². The van der Waals surface area contributed by atoms with E-state index < -0.39 is 10.0 Å². The minimum Gasteiger partial charge on any atom is -0.311 e. The summed E-state index contributed by atoms with van der Waals surface area (Å²) >= 11 is 0. The van der Waals surface area contributed by atoms with Gasteiger partial charge in [0.15, 0.2) is 0 Å². The molecule has 2 bridgehead atoms. The maximum atomic E-state index is 13.0. The molecule has 5 heteroatoms. The van der Waals surface area contributed by atoms with Crippen molar-refractivity contribution in [1.82, 2.24) is 9.62 Å². The summed E-state index contributed by atoms with van der Waals surface area (Å²) in [7, 11) is -3.39. The van der Waals surface area contributed by atoms with Crippen molar-refractivity contribution in [3.8, 4) is 0 Å². The molecule has 21 heavy (non-hydrogen) atoms. The minimum atomic E-state index is -3.39. The van der Waals surface area contributed by atoms with Gasteiger partial charge in [0.1, 0.15) is 0 Å². The highest BCUT2D eigenvalue weighted by molar-refractivity contribution is 7.89. The fourth-order valence-electron chi connectivity index (χ4n) is 3.80. The maximum absolute atomic E-state index is 13.0. The molecule has 0 amide bonds. The second kappa shape index (κ2) is 5.71. The molecule has 3 rings (SSSR count). The standard InChI is InChI=1S/C16H24N2O2S/c1-3-18(15-10-13-7-8-14(11-15)17-13)21(19,20)16-6-4-5-12(2)9-16/h4-6,9,13-15,17H,3,7-8,10-11H2,1-2H3. The molecule has 0 aliphatic carbocycles. The van der Waals surface area contributed by atoms with Gasteiger partial charge in [0.2, 0.25) is 10.0 Å². The first kappa shape index (κ1) is 15.0. The summed E-state index contributed by atoms with van der Waals surface area (Å²) in [5, 5.41) is 3.58. The lowest BCUT2D eigenvalue weighted by Crippen LogP contribution is -2.50. The van der Waals surface area contributed by atoms with Crippen molar-refractivity contribution in [3.05, 3.63) is 29.8 Å². The summed E-state index contributed by atoms with van der Waals surface area (Å²) < 4.78 is 27.6. The van der Waals surface area contributed by atoms with Crippen LogP contribution in [0.3, 0.4) is 0 Å². The normalized spacial score (nSPS) is 29.0. The number of aryl methyl sites for hydroxylation is 1. The predicted molar refractivity (Wildman–Crippen MR) is 83.7 cm³/mol.